The minimum absolute atomic E-state index is 0.121. The normalized spacial score (nSPS) is 13.6. The first kappa shape index (κ1) is 14.4. The van der Waals surface area contributed by atoms with Gasteiger partial charge in [-0.25, -0.2) is 9.59 Å². The first-order valence-corrected chi connectivity index (χ1v) is 4.70. The van der Waals surface area contributed by atoms with Gasteiger partial charge in [-0.1, -0.05) is 6.58 Å². The minimum atomic E-state index is -1.20. The van der Waals surface area contributed by atoms with Crippen molar-refractivity contribution in [1.82, 2.24) is 0 Å². The van der Waals surface area contributed by atoms with Crippen LogP contribution in [0, 0.1) is 0 Å². The van der Waals surface area contributed by atoms with Gasteiger partial charge in [-0.2, -0.15) is 0 Å². The number of carbonyl (C=O) groups excluding carboxylic acids is 2. The van der Waals surface area contributed by atoms with Crippen molar-refractivity contribution in [2.75, 3.05) is 0 Å². The monoisotopic (exact) mass is 228 g/mol. The lowest BCUT2D eigenvalue weighted by Crippen LogP contribution is -2.16. The van der Waals surface area contributed by atoms with Crippen LogP contribution in [-0.2, 0) is 19.1 Å². The van der Waals surface area contributed by atoms with E-state index in [0.29, 0.717) is 0 Å². The Kier molecular flexibility index (Phi) is 5.46. The first-order chi connectivity index (χ1) is 7.25. The molecule has 0 radical (unpaired) electrons. The van der Waals surface area contributed by atoms with E-state index in [9.17, 15) is 9.59 Å². The van der Waals surface area contributed by atoms with Gasteiger partial charge in [0.2, 0.25) is 0 Å². The van der Waals surface area contributed by atoms with E-state index in [4.69, 9.17) is 9.84 Å². The molecule has 0 fully saturated rings. The second-order valence-electron chi connectivity index (χ2n) is 3.36. The highest BCUT2D eigenvalue weighted by Gasteiger charge is 2.15. The number of rotatable bonds is 4. The van der Waals surface area contributed by atoms with Crippen LogP contribution in [0.25, 0.3) is 0 Å². The van der Waals surface area contributed by atoms with Crippen molar-refractivity contribution < 1.29 is 24.2 Å². The third kappa shape index (κ3) is 4.75. The zero-order chi connectivity index (χ0) is 12.9. The maximum absolute atomic E-state index is 11.3. The number of hydrogen-bond acceptors (Lipinski definition) is 5. The number of aliphatic hydroxyl groups is 1. The summed E-state index contributed by atoms with van der Waals surface area (Å²) in [4.78, 5) is 22.4. The SMILES string of the molecule is C=C(C)C(=O)O/C(C)=C(/C)C(=O)OC(C)O. The number of aliphatic hydroxyl groups excluding tert-OH is 1. The summed E-state index contributed by atoms with van der Waals surface area (Å²) < 4.78 is 9.36. The molecule has 1 N–H and O–H groups in total. The number of ether oxygens (including phenoxy) is 2. The van der Waals surface area contributed by atoms with Crippen LogP contribution in [0.2, 0.25) is 0 Å². The van der Waals surface area contributed by atoms with E-state index >= 15 is 0 Å². The first-order valence-electron chi connectivity index (χ1n) is 4.70. The van der Waals surface area contributed by atoms with Gasteiger partial charge in [-0.05, 0) is 27.7 Å². The van der Waals surface area contributed by atoms with E-state index in [1.54, 1.807) is 0 Å². The lowest BCUT2D eigenvalue weighted by molar-refractivity contribution is -0.160. The molecule has 0 amide bonds. The van der Waals surface area contributed by atoms with Gasteiger partial charge in [0.05, 0.1) is 5.57 Å². The predicted molar refractivity (Wildman–Crippen MR) is 57.1 cm³/mol. The Balaban J connectivity index is 4.64. The zero-order valence-corrected chi connectivity index (χ0v) is 9.86. The molecule has 90 valence electrons. The van der Waals surface area contributed by atoms with Crippen molar-refractivity contribution in [3.05, 3.63) is 23.5 Å². The van der Waals surface area contributed by atoms with Crippen LogP contribution in [0.15, 0.2) is 23.5 Å². The molecule has 0 spiro atoms. The summed E-state index contributed by atoms with van der Waals surface area (Å²) in [6, 6.07) is 0. The smallest absolute Gasteiger partial charge is 0.339 e. The summed E-state index contributed by atoms with van der Waals surface area (Å²) in [6.07, 6.45) is -1.20. The number of allylic oxidation sites excluding steroid dienone is 1. The summed E-state index contributed by atoms with van der Waals surface area (Å²) in [5.74, 6) is -1.22. The fraction of sp³-hybridized carbons (Fsp3) is 0.455. The molecule has 16 heavy (non-hydrogen) atoms. The maximum Gasteiger partial charge on any atom is 0.339 e. The lowest BCUT2D eigenvalue weighted by Gasteiger charge is -2.10. The average Bonchev–Trinajstić information content (AvgIpc) is 2.14. The molecular weight excluding hydrogens is 212 g/mol. The standard InChI is InChI=1S/C11H16O5/c1-6(2)10(13)15-8(4)7(3)11(14)16-9(5)12/h9,12H,1H2,2-5H3/b8-7-. The van der Waals surface area contributed by atoms with Gasteiger partial charge in [0.1, 0.15) is 5.76 Å². The molecule has 5 heteroatoms. The summed E-state index contributed by atoms with van der Waals surface area (Å²) in [7, 11) is 0. The van der Waals surface area contributed by atoms with Crippen molar-refractivity contribution in [2.24, 2.45) is 0 Å². The lowest BCUT2D eigenvalue weighted by atomic mass is 10.2. The van der Waals surface area contributed by atoms with Crippen LogP contribution in [0.3, 0.4) is 0 Å². The highest BCUT2D eigenvalue weighted by molar-refractivity contribution is 5.91. The fourth-order valence-corrected chi connectivity index (χ4v) is 0.690. The van der Waals surface area contributed by atoms with E-state index in [1.807, 2.05) is 0 Å². The summed E-state index contributed by atoms with van der Waals surface area (Å²) in [5, 5.41) is 8.84. The highest BCUT2D eigenvalue weighted by atomic mass is 16.6. The van der Waals surface area contributed by atoms with Crippen molar-refractivity contribution in [2.45, 2.75) is 34.0 Å². The third-order valence-electron chi connectivity index (χ3n) is 1.71. The second kappa shape index (κ2) is 6.07. The molecule has 5 nitrogen and oxygen atoms in total. The van der Waals surface area contributed by atoms with Crippen LogP contribution in [0.4, 0.5) is 0 Å². The molecule has 1 unspecified atom stereocenters. The van der Waals surface area contributed by atoms with Crippen LogP contribution in [0.5, 0.6) is 0 Å². The van der Waals surface area contributed by atoms with Gasteiger partial charge in [0.15, 0.2) is 6.29 Å². The third-order valence-corrected chi connectivity index (χ3v) is 1.71. The quantitative estimate of drug-likeness (QED) is 0.339. The summed E-state index contributed by atoms with van der Waals surface area (Å²) >= 11 is 0. The topological polar surface area (TPSA) is 72.8 Å². The largest absolute Gasteiger partial charge is 0.433 e. The number of carbonyl (C=O) groups is 2. The van der Waals surface area contributed by atoms with Gasteiger partial charge in [-0.3, -0.25) is 0 Å². The van der Waals surface area contributed by atoms with Crippen LogP contribution in [-0.4, -0.2) is 23.3 Å². The molecule has 0 aromatic heterocycles. The second-order valence-corrected chi connectivity index (χ2v) is 3.36. The van der Waals surface area contributed by atoms with Crippen LogP contribution in [0.1, 0.15) is 27.7 Å². The molecule has 0 aromatic carbocycles. The van der Waals surface area contributed by atoms with Crippen LogP contribution >= 0.6 is 0 Å². The Morgan fingerprint density at radius 2 is 1.69 bits per heavy atom. The summed E-state index contributed by atoms with van der Waals surface area (Å²) in [6.45, 7) is 9.11. The number of esters is 2. The van der Waals surface area contributed by atoms with Gasteiger partial charge < -0.3 is 14.6 Å². The van der Waals surface area contributed by atoms with E-state index in [2.05, 4.69) is 11.3 Å². The van der Waals surface area contributed by atoms with Crippen molar-refractivity contribution >= 4 is 11.9 Å². The molecule has 0 aromatic rings. The fourth-order valence-electron chi connectivity index (χ4n) is 0.690. The van der Waals surface area contributed by atoms with E-state index in [0.717, 1.165) is 0 Å². The Labute approximate surface area is 94.4 Å². The van der Waals surface area contributed by atoms with Gasteiger partial charge in [-0.15, -0.1) is 0 Å². The Morgan fingerprint density at radius 3 is 2.06 bits per heavy atom. The van der Waals surface area contributed by atoms with Crippen molar-refractivity contribution in [1.29, 1.82) is 0 Å². The molecule has 0 rings (SSSR count). The molecule has 0 aliphatic heterocycles. The zero-order valence-electron chi connectivity index (χ0n) is 9.86. The average molecular weight is 228 g/mol. The van der Waals surface area contributed by atoms with E-state index in [1.165, 1.54) is 27.7 Å². The molecule has 1 atom stereocenters. The van der Waals surface area contributed by atoms with Gasteiger partial charge in [0.25, 0.3) is 0 Å². The summed E-state index contributed by atoms with van der Waals surface area (Å²) in [5.41, 5.74) is 0.353. The Bertz CT molecular complexity index is 338. The van der Waals surface area contributed by atoms with Gasteiger partial charge in [0, 0.05) is 5.57 Å². The Hall–Kier alpha value is -1.62. The van der Waals surface area contributed by atoms with Crippen LogP contribution < -0.4 is 0 Å². The van der Waals surface area contributed by atoms with E-state index < -0.39 is 18.2 Å². The van der Waals surface area contributed by atoms with Crippen molar-refractivity contribution in [3.63, 3.8) is 0 Å². The maximum atomic E-state index is 11.3. The molecule has 0 saturated carbocycles. The van der Waals surface area contributed by atoms with E-state index in [-0.39, 0.29) is 16.9 Å². The predicted octanol–water partition coefficient (Wildman–Crippen LogP) is 1.28. The minimum Gasteiger partial charge on any atom is -0.433 e. The molecule has 0 aliphatic rings. The molecule has 0 heterocycles. The molecule has 0 saturated heterocycles. The molecule has 0 aliphatic carbocycles. The van der Waals surface area contributed by atoms with Gasteiger partial charge >= 0.3 is 11.9 Å². The Morgan fingerprint density at radius 1 is 1.19 bits per heavy atom. The molecule has 0 bridgehead atoms. The number of hydrogen-bond donors (Lipinski definition) is 1. The molecular formula is C11H16O5. The van der Waals surface area contributed by atoms with Crippen molar-refractivity contribution in [3.8, 4) is 0 Å². The highest BCUT2D eigenvalue weighted by Crippen LogP contribution is 2.10.